The standard InChI is InChI=1S/C16H18FNO6S2/c1-2-3-10-24-12-7-4-6-11(16(12)17)15-13(25(18,19)20)8-5-9-14(15)26(21,22)23/h4-9H,2-3,10H2,1H3,(H2,18,19,20)(H,21,22,23). The molecule has 2 aromatic rings. The fourth-order valence-electron chi connectivity index (χ4n) is 2.37. The first-order valence-electron chi connectivity index (χ1n) is 7.62. The maximum Gasteiger partial charge on any atom is 0.295 e. The Hall–Kier alpha value is -2.01. The Morgan fingerprint density at radius 2 is 1.69 bits per heavy atom. The third kappa shape index (κ3) is 4.39. The van der Waals surface area contributed by atoms with Gasteiger partial charge in [-0.1, -0.05) is 31.5 Å². The molecule has 0 heterocycles. The fourth-order valence-corrected chi connectivity index (χ4v) is 3.94. The molecule has 0 fully saturated rings. The topological polar surface area (TPSA) is 124 Å². The van der Waals surface area contributed by atoms with E-state index in [0.717, 1.165) is 24.6 Å². The van der Waals surface area contributed by atoms with Crippen LogP contribution in [0.5, 0.6) is 5.75 Å². The molecule has 2 rings (SSSR count). The summed E-state index contributed by atoms with van der Waals surface area (Å²) in [6.45, 7) is 2.16. The van der Waals surface area contributed by atoms with Gasteiger partial charge in [0.05, 0.1) is 11.5 Å². The predicted molar refractivity (Wildman–Crippen MR) is 93.4 cm³/mol. The average Bonchev–Trinajstić information content (AvgIpc) is 2.54. The van der Waals surface area contributed by atoms with Crippen LogP contribution in [0.15, 0.2) is 46.2 Å². The van der Waals surface area contributed by atoms with Crippen LogP contribution in [0.3, 0.4) is 0 Å². The van der Waals surface area contributed by atoms with E-state index < -0.39 is 41.3 Å². The molecule has 10 heteroatoms. The Morgan fingerprint density at radius 1 is 1.08 bits per heavy atom. The van der Waals surface area contributed by atoms with E-state index in [-0.39, 0.29) is 17.9 Å². The number of unbranched alkanes of at least 4 members (excludes halogenated alkanes) is 1. The monoisotopic (exact) mass is 403 g/mol. The van der Waals surface area contributed by atoms with Gasteiger partial charge in [0, 0.05) is 11.1 Å². The molecule has 0 atom stereocenters. The van der Waals surface area contributed by atoms with E-state index >= 15 is 0 Å². The van der Waals surface area contributed by atoms with E-state index in [1.54, 1.807) is 0 Å². The molecular weight excluding hydrogens is 385 g/mol. The van der Waals surface area contributed by atoms with Gasteiger partial charge in [-0.25, -0.2) is 17.9 Å². The highest BCUT2D eigenvalue weighted by Crippen LogP contribution is 2.37. The molecule has 0 aromatic heterocycles. The van der Waals surface area contributed by atoms with Crippen LogP contribution in [0.1, 0.15) is 19.8 Å². The van der Waals surface area contributed by atoms with Gasteiger partial charge in [-0.15, -0.1) is 0 Å². The second-order valence-corrected chi connectivity index (χ2v) is 8.39. The molecular formula is C16H18FNO6S2. The van der Waals surface area contributed by atoms with Crippen LogP contribution in [0.4, 0.5) is 4.39 Å². The molecule has 0 aliphatic rings. The van der Waals surface area contributed by atoms with Gasteiger partial charge in [-0.05, 0) is 24.6 Å². The highest BCUT2D eigenvalue weighted by atomic mass is 32.2. The van der Waals surface area contributed by atoms with Crippen molar-refractivity contribution >= 4 is 20.1 Å². The van der Waals surface area contributed by atoms with E-state index in [4.69, 9.17) is 9.88 Å². The number of hydrogen-bond acceptors (Lipinski definition) is 5. The van der Waals surface area contributed by atoms with Gasteiger partial charge in [0.25, 0.3) is 10.1 Å². The lowest BCUT2D eigenvalue weighted by Crippen LogP contribution is -2.15. The van der Waals surface area contributed by atoms with Crippen LogP contribution >= 0.6 is 0 Å². The second-order valence-electron chi connectivity index (χ2n) is 5.47. The molecule has 3 N–H and O–H groups in total. The van der Waals surface area contributed by atoms with Crippen molar-refractivity contribution in [3.63, 3.8) is 0 Å². The minimum absolute atomic E-state index is 0.165. The second kappa shape index (κ2) is 7.70. The van der Waals surface area contributed by atoms with Crippen molar-refractivity contribution in [2.45, 2.75) is 29.6 Å². The molecule has 0 spiro atoms. The Morgan fingerprint density at radius 3 is 2.27 bits per heavy atom. The van der Waals surface area contributed by atoms with Crippen LogP contribution in [-0.2, 0) is 20.1 Å². The third-order valence-electron chi connectivity index (χ3n) is 3.56. The normalized spacial score (nSPS) is 12.2. The van der Waals surface area contributed by atoms with Gasteiger partial charge in [0.15, 0.2) is 11.6 Å². The summed E-state index contributed by atoms with van der Waals surface area (Å²) in [5.41, 5.74) is -0.910. The van der Waals surface area contributed by atoms with Gasteiger partial charge < -0.3 is 4.74 Å². The minimum Gasteiger partial charge on any atom is -0.490 e. The number of nitrogens with two attached hydrogens (primary N) is 1. The lowest BCUT2D eigenvalue weighted by Gasteiger charge is -2.15. The molecule has 0 unspecified atom stereocenters. The number of benzene rings is 2. The molecule has 0 amide bonds. The van der Waals surface area contributed by atoms with Crippen LogP contribution in [0.25, 0.3) is 11.1 Å². The fraction of sp³-hybridized carbons (Fsp3) is 0.250. The lowest BCUT2D eigenvalue weighted by molar-refractivity contribution is 0.294. The SMILES string of the molecule is CCCCOc1cccc(-c2c(S(N)(=O)=O)cccc2S(=O)(=O)O)c1F. The molecule has 0 radical (unpaired) electrons. The van der Waals surface area contributed by atoms with E-state index in [9.17, 15) is 25.8 Å². The third-order valence-corrected chi connectivity index (χ3v) is 5.41. The van der Waals surface area contributed by atoms with Crippen LogP contribution in [-0.4, -0.2) is 28.0 Å². The first-order chi connectivity index (χ1) is 12.1. The number of sulfonamides is 1. The summed E-state index contributed by atoms with van der Waals surface area (Å²) >= 11 is 0. The number of hydrogen-bond donors (Lipinski definition) is 2. The van der Waals surface area contributed by atoms with E-state index in [0.29, 0.717) is 6.42 Å². The highest BCUT2D eigenvalue weighted by Gasteiger charge is 2.27. The molecule has 2 aromatic carbocycles. The van der Waals surface area contributed by atoms with Gasteiger partial charge >= 0.3 is 0 Å². The first kappa shape index (κ1) is 20.3. The van der Waals surface area contributed by atoms with Gasteiger partial charge in [-0.3, -0.25) is 4.55 Å². The zero-order valence-corrected chi connectivity index (χ0v) is 15.5. The predicted octanol–water partition coefficient (Wildman–Crippen LogP) is 2.57. The lowest BCUT2D eigenvalue weighted by atomic mass is 10.0. The van der Waals surface area contributed by atoms with Gasteiger partial charge in [0.2, 0.25) is 10.0 Å². The summed E-state index contributed by atoms with van der Waals surface area (Å²) in [5.74, 6) is -1.12. The number of rotatable bonds is 7. The number of ether oxygens (including phenoxy) is 1. The molecule has 0 saturated carbocycles. The van der Waals surface area contributed by atoms with Gasteiger partial charge in [0.1, 0.15) is 4.90 Å². The van der Waals surface area contributed by atoms with Crippen molar-refractivity contribution in [2.24, 2.45) is 5.14 Å². The quantitative estimate of drug-likeness (QED) is 0.541. The van der Waals surface area contributed by atoms with E-state index in [2.05, 4.69) is 0 Å². The van der Waals surface area contributed by atoms with Crippen molar-refractivity contribution in [2.75, 3.05) is 6.61 Å². The van der Waals surface area contributed by atoms with E-state index in [1.165, 1.54) is 18.2 Å². The summed E-state index contributed by atoms with van der Waals surface area (Å²) in [6, 6.07) is 6.98. The van der Waals surface area contributed by atoms with Gasteiger partial charge in [-0.2, -0.15) is 8.42 Å². The molecule has 0 aliphatic carbocycles. The largest absolute Gasteiger partial charge is 0.490 e. The van der Waals surface area contributed by atoms with Crippen molar-refractivity contribution in [1.29, 1.82) is 0 Å². The molecule has 7 nitrogen and oxygen atoms in total. The zero-order valence-electron chi connectivity index (χ0n) is 13.8. The first-order valence-corrected chi connectivity index (χ1v) is 10.6. The van der Waals surface area contributed by atoms with Crippen molar-refractivity contribution in [1.82, 2.24) is 0 Å². The van der Waals surface area contributed by atoms with Crippen LogP contribution in [0, 0.1) is 5.82 Å². The number of primary sulfonamides is 1. The number of halogens is 1. The maximum absolute atomic E-state index is 14.9. The summed E-state index contributed by atoms with van der Waals surface area (Å²) < 4.78 is 76.7. The smallest absolute Gasteiger partial charge is 0.295 e. The summed E-state index contributed by atoms with van der Waals surface area (Å²) in [6.07, 6.45) is 1.50. The van der Waals surface area contributed by atoms with Crippen LogP contribution < -0.4 is 9.88 Å². The summed E-state index contributed by atoms with van der Waals surface area (Å²) in [4.78, 5) is -1.40. The summed E-state index contributed by atoms with van der Waals surface area (Å²) in [7, 11) is -9.24. The van der Waals surface area contributed by atoms with Crippen molar-refractivity contribution < 1.29 is 30.5 Å². The van der Waals surface area contributed by atoms with E-state index in [1.807, 2.05) is 6.92 Å². The van der Waals surface area contributed by atoms with Crippen molar-refractivity contribution in [3.8, 4) is 16.9 Å². The minimum atomic E-state index is -4.84. The Bertz CT molecular complexity index is 969. The Balaban J connectivity index is 2.78. The molecule has 0 bridgehead atoms. The van der Waals surface area contributed by atoms with Crippen LogP contribution in [0.2, 0.25) is 0 Å². The molecule has 0 saturated heterocycles. The Labute approximate surface area is 151 Å². The Kier molecular flexibility index (Phi) is 6.02. The molecule has 142 valence electrons. The average molecular weight is 403 g/mol. The zero-order chi connectivity index (χ0) is 19.5. The molecule has 26 heavy (non-hydrogen) atoms. The summed E-state index contributed by atoms with van der Waals surface area (Å²) in [5, 5.41) is 5.14. The maximum atomic E-state index is 14.9. The highest BCUT2D eigenvalue weighted by molar-refractivity contribution is 7.89. The molecule has 0 aliphatic heterocycles. The van der Waals surface area contributed by atoms with Crippen molar-refractivity contribution in [3.05, 3.63) is 42.2 Å².